The van der Waals surface area contributed by atoms with Gasteiger partial charge in [0.25, 0.3) is 10.5 Å². The summed E-state index contributed by atoms with van der Waals surface area (Å²) in [6.07, 6.45) is 0.897. The van der Waals surface area contributed by atoms with Crippen molar-refractivity contribution >= 4 is 40.0 Å². The van der Waals surface area contributed by atoms with E-state index in [2.05, 4.69) is 4.74 Å². The Labute approximate surface area is 132 Å². The summed E-state index contributed by atoms with van der Waals surface area (Å²) in [6, 6.07) is 10.0. The van der Waals surface area contributed by atoms with Gasteiger partial charge in [0.2, 0.25) is 0 Å². The van der Waals surface area contributed by atoms with E-state index in [1.54, 1.807) is 0 Å². The first-order chi connectivity index (χ1) is 9.95. The van der Waals surface area contributed by atoms with Gasteiger partial charge < -0.3 is 16.2 Å². The monoisotopic (exact) mass is 330 g/mol. The number of ether oxygens (including phenoxy) is 1. The summed E-state index contributed by atoms with van der Waals surface area (Å²) in [5.74, 6) is 0.310. The molecular weight excluding hydrogens is 312 g/mol. The lowest BCUT2D eigenvalue weighted by Crippen LogP contribution is -2.09. The molecule has 0 aromatic heterocycles. The van der Waals surface area contributed by atoms with E-state index in [9.17, 15) is 14.4 Å². The molecule has 0 aliphatic carbocycles. The Morgan fingerprint density at radius 3 is 2.10 bits per heavy atom. The van der Waals surface area contributed by atoms with E-state index in [0.717, 1.165) is 35.7 Å². The van der Waals surface area contributed by atoms with Gasteiger partial charge in [0, 0.05) is 5.75 Å². The lowest BCUT2D eigenvalue weighted by molar-refractivity contribution is -0.137. The number of thioether (sulfide) groups is 2. The van der Waals surface area contributed by atoms with Crippen molar-refractivity contribution in [2.45, 2.75) is 6.42 Å². The third kappa shape index (κ3) is 13.1. The molecule has 2 amide bonds. The van der Waals surface area contributed by atoms with E-state index in [0.29, 0.717) is 0 Å². The highest BCUT2D eigenvalue weighted by molar-refractivity contribution is 8.14. The number of primary amides is 2. The maximum atomic E-state index is 10.4. The number of aryl methyl sites for hydroxylation is 1. The standard InChI is InChI=1S/C9H11NOS.C4H7NO3S/c10-9(11)12-7-6-8-4-2-1-3-5-8;1-8-3(6)2-9-4(5)7/h1-5H,6-7H2,(H2,10,11);2H2,1H3,(H2,5,7). The molecule has 1 aromatic rings. The third-order valence-electron chi connectivity index (χ3n) is 2.04. The fourth-order valence-electron chi connectivity index (χ4n) is 1.10. The number of carbonyl (C=O) groups excluding carboxylic acids is 3. The number of amides is 2. The van der Waals surface area contributed by atoms with Gasteiger partial charge >= 0.3 is 5.97 Å². The molecule has 0 fully saturated rings. The Hall–Kier alpha value is -1.67. The van der Waals surface area contributed by atoms with Gasteiger partial charge in [-0.25, -0.2) is 0 Å². The van der Waals surface area contributed by atoms with Gasteiger partial charge in [-0.05, 0) is 12.0 Å². The average Bonchev–Trinajstić information content (AvgIpc) is 2.46. The fraction of sp³-hybridized carbons (Fsp3) is 0.308. The molecule has 0 bridgehead atoms. The maximum absolute atomic E-state index is 10.4. The molecule has 21 heavy (non-hydrogen) atoms. The van der Waals surface area contributed by atoms with Crippen LogP contribution in [0, 0.1) is 0 Å². The molecule has 0 radical (unpaired) electrons. The first-order valence-electron chi connectivity index (χ1n) is 5.91. The summed E-state index contributed by atoms with van der Waals surface area (Å²) in [5, 5.41) is -0.869. The molecule has 0 aliphatic rings. The highest BCUT2D eigenvalue weighted by atomic mass is 32.2. The SMILES string of the molecule is COC(=O)CSC(N)=O.NC(=O)SCCc1ccccc1. The molecule has 4 N–H and O–H groups in total. The van der Waals surface area contributed by atoms with E-state index >= 15 is 0 Å². The van der Waals surface area contributed by atoms with Crippen LogP contribution >= 0.6 is 23.5 Å². The molecule has 116 valence electrons. The molecule has 0 heterocycles. The Balaban J connectivity index is 0.000000400. The number of nitrogens with two attached hydrogens (primary N) is 2. The van der Waals surface area contributed by atoms with Crippen molar-refractivity contribution in [1.82, 2.24) is 0 Å². The van der Waals surface area contributed by atoms with Crippen LogP contribution in [0.1, 0.15) is 5.56 Å². The van der Waals surface area contributed by atoms with Crippen molar-refractivity contribution in [1.29, 1.82) is 0 Å². The van der Waals surface area contributed by atoms with Gasteiger partial charge in [-0.1, -0.05) is 53.9 Å². The average molecular weight is 330 g/mol. The first-order valence-corrected chi connectivity index (χ1v) is 7.88. The molecule has 0 saturated heterocycles. The molecule has 0 saturated carbocycles. The second-order valence-electron chi connectivity index (χ2n) is 3.59. The summed E-state index contributed by atoms with van der Waals surface area (Å²) < 4.78 is 4.23. The second-order valence-corrected chi connectivity index (χ2v) is 5.67. The highest BCUT2D eigenvalue weighted by Crippen LogP contribution is 2.05. The summed E-state index contributed by atoms with van der Waals surface area (Å²) in [5.41, 5.74) is 10.9. The van der Waals surface area contributed by atoms with Crippen LogP contribution in [0.4, 0.5) is 9.59 Å². The first kappa shape index (κ1) is 19.3. The summed E-state index contributed by atoms with van der Waals surface area (Å²) in [6.45, 7) is 0. The predicted molar refractivity (Wildman–Crippen MR) is 86.2 cm³/mol. The van der Waals surface area contributed by atoms with Gasteiger partial charge in [-0.3, -0.25) is 14.4 Å². The van der Waals surface area contributed by atoms with Crippen molar-refractivity contribution in [3.05, 3.63) is 35.9 Å². The zero-order valence-corrected chi connectivity index (χ0v) is 13.2. The van der Waals surface area contributed by atoms with Crippen molar-refractivity contribution < 1.29 is 19.1 Å². The van der Waals surface area contributed by atoms with Gasteiger partial charge in [-0.15, -0.1) is 0 Å². The van der Waals surface area contributed by atoms with Crippen LogP contribution in [-0.4, -0.2) is 35.1 Å². The number of rotatable bonds is 5. The van der Waals surface area contributed by atoms with Gasteiger partial charge in [0.15, 0.2) is 0 Å². The molecule has 0 spiro atoms. The van der Waals surface area contributed by atoms with Crippen molar-refractivity contribution in [3.63, 3.8) is 0 Å². The Kier molecular flexibility index (Phi) is 11.1. The number of hydrogen-bond acceptors (Lipinski definition) is 6. The largest absolute Gasteiger partial charge is 0.468 e. The minimum absolute atomic E-state index is 0.00810. The third-order valence-corrected chi connectivity index (χ3v) is 3.40. The molecule has 1 aromatic carbocycles. The normalized spacial score (nSPS) is 9.19. The summed E-state index contributed by atoms with van der Waals surface area (Å²) in [4.78, 5) is 30.6. The Morgan fingerprint density at radius 1 is 1.05 bits per heavy atom. The van der Waals surface area contributed by atoms with E-state index in [1.807, 2.05) is 30.3 Å². The van der Waals surface area contributed by atoms with E-state index < -0.39 is 11.2 Å². The molecule has 0 atom stereocenters. The summed E-state index contributed by atoms with van der Waals surface area (Å²) in [7, 11) is 1.25. The zero-order chi connectivity index (χ0) is 16.1. The quantitative estimate of drug-likeness (QED) is 0.799. The number of methoxy groups -OCH3 is 1. The van der Waals surface area contributed by atoms with E-state index in [1.165, 1.54) is 12.7 Å². The van der Waals surface area contributed by atoms with Crippen LogP contribution in [0.5, 0.6) is 0 Å². The molecule has 8 heteroatoms. The fourth-order valence-corrected chi connectivity index (χ4v) is 2.02. The number of carbonyl (C=O) groups is 3. The van der Waals surface area contributed by atoms with Crippen molar-refractivity contribution in [2.24, 2.45) is 11.5 Å². The molecule has 6 nitrogen and oxygen atoms in total. The topological polar surface area (TPSA) is 112 Å². The van der Waals surface area contributed by atoms with Crippen LogP contribution in [0.2, 0.25) is 0 Å². The lowest BCUT2D eigenvalue weighted by Gasteiger charge is -1.97. The van der Waals surface area contributed by atoms with E-state index in [4.69, 9.17) is 11.5 Å². The van der Waals surface area contributed by atoms with E-state index in [-0.39, 0.29) is 11.0 Å². The molecule has 1 rings (SSSR count). The Morgan fingerprint density at radius 2 is 1.62 bits per heavy atom. The summed E-state index contributed by atoms with van der Waals surface area (Å²) >= 11 is 1.89. The van der Waals surface area contributed by atoms with Crippen molar-refractivity contribution in [3.8, 4) is 0 Å². The minimum atomic E-state index is -0.569. The molecular formula is C13H18N2O4S2. The van der Waals surface area contributed by atoms with Crippen LogP contribution < -0.4 is 11.5 Å². The maximum Gasteiger partial charge on any atom is 0.316 e. The van der Waals surface area contributed by atoms with Gasteiger partial charge in [0.1, 0.15) is 5.75 Å². The lowest BCUT2D eigenvalue weighted by atomic mass is 10.2. The zero-order valence-electron chi connectivity index (χ0n) is 11.6. The van der Waals surface area contributed by atoms with Gasteiger partial charge in [-0.2, -0.15) is 0 Å². The van der Waals surface area contributed by atoms with Crippen LogP contribution in [0.15, 0.2) is 30.3 Å². The molecule has 0 unspecified atom stereocenters. The second kappa shape index (κ2) is 12.1. The molecule has 0 aliphatic heterocycles. The number of esters is 1. The number of hydrogen-bond donors (Lipinski definition) is 2. The van der Waals surface area contributed by atoms with Crippen LogP contribution in [0.3, 0.4) is 0 Å². The highest BCUT2D eigenvalue weighted by Gasteiger charge is 2.02. The minimum Gasteiger partial charge on any atom is -0.468 e. The van der Waals surface area contributed by atoms with Crippen molar-refractivity contribution in [2.75, 3.05) is 18.6 Å². The Bertz CT molecular complexity index is 455. The van der Waals surface area contributed by atoms with Crippen LogP contribution in [-0.2, 0) is 16.0 Å². The number of benzene rings is 1. The predicted octanol–water partition coefficient (Wildman–Crippen LogP) is 2.01. The smallest absolute Gasteiger partial charge is 0.316 e. The van der Waals surface area contributed by atoms with Gasteiger partial charge in [0.05, 0.1) is 7.11 Å². The van der Waals surface area contributed by atoms with Crippen LogP contribution in [0.25, 0.3) is 0 Å².